The summed E-state index contributed by atoms with van der Waals surface area (Å²) >= 11 is 0. The molecule has 0 aliphatic carbocycles. The molecule has 1 aliphatic rings. The number of esters is 1. The highest BCUT2D eigenvalue weighted by Gasteiger charge is 2.37. The van der Waals surface area contributed by atoms with Gasteiger partial charge in [0, 0.05) is 5.56 Å². The number of benzene rings is 2. The molecule has 1 atom stereocenters. The van der Waals surface area contributed by atoms with Gasteiger partial charge in [-0.15, -0.1) is 0 Å². The maximum Gasteiger partial charge on any atom is 0.343 e. The van der Waals surface area contributed by atoms with E-state index in [1.807, 2.05) is 0 Å². The SMILES string of the molecule is COc1ccc(O)c(C(=O)C[C@H]2OC(=O)c3c2ccc(OC)c3OC)c1. The number of ether oxygens (including phenoxy) is 4. The molecular weight excluding hydrogens is 340 g/mol. The molecule has 1 N–H and O–H groups in total. The predicted molar refractivity (Wildman–Crippen MR) is 91.3 cm³/mol. The van der Waals surface area contributed by atoms with Crippen LogP contribution in [0.3, 0.4) is 0 Å². The molecule has 1 aliphatic heterocycles. The summed E-state index contributed by atoms with van der Waals surface area (Å²) in [5.74, 6) is 0.00840. The molecule has 0 saturated heterocycles. The Kier molecular flexibility index (Phi) is 4.71. The van der Waals surface area contributed by atoms with Gasteiger partial charge in [0.25, 0.3) is 0 Å². The van der Waals surface area contributed by atoms with E-state index in [0.29, 0.717) is 17.1 Å². The molecule has 7 heteroatoms. The number of hydrogen-bond donors (Lipinski definition) is 1. The average molecular weight is 358 g/mol. The van der Waals surface area contributed by atoms with Crippen molar-refractivity contribution in [1.82, 2.24) is 0 Å². The van der Waals surface area contributed by atoms with Crippen molar-refractivity contribution in [2.45, 2.75) is 12.5 Å². The lowest BCUT2D eigenvalue weighted by Crippen LogP contribution is -2.08. The third kappa shape index (κ3) is 2.92. The topological polar surface area (TPSA) is 91.3 Å². The van der Waals surface area contributed by atoms with Gasteiger partial charge in [-0.05, 0) is 24.3 Å². The maximum absolute atomic E-state index is 12.6. The zero-order valence-corrected chi connectivity index (χ0v) is 14.6. The molecule has 0 aromatic heterocycles. The number of methoxy groups -OCH3 is 3. The summed E-state index contributed by atoms with van der Waals surface area (Å²) in [6, 6.07) is 7.71. The van der Waals surface area contributed by atoms with Gasteiger partial charge in [-0.25, -0.2) is 4.79 Å². The van der Waals surface area contributed by atoms with Gasteiger partial charge in [0.2, 0.25) is 0 Å². The van der Waals surface area contributed by atoms with Gasteiger partial charge >= 0.3 is 5.97 Å². The molecule has 1 heterocycles. The summed E-state index contributed by atoms with van der Waals surface area (Å²) in [7, 11) is 4.37. The predicted octanol–water partition coefficient (Wildman–Crippen LogP) is 2.90. The zero-order chi connectivity index (χ0) is 18.8. The van der Waals surface area contributed by atoms with Crippen molar-refractivity contribution < 1.29 is 33.6 Å². The van der Waals surface area contributed by atoms with Crippen molar-refractivity contribution in [2.24, 2.45) is 0 Å². The lowest BCUT2D eigenvalue weighted by molar-refractivity contribution is 0.0365. The zero-order valence-electron chi connectivity index (χ0n) is 14.6. The largest absolute Gasteiger partial charge is 0.507 e. The standard InChI is InChI=1S/C19H18O7/c1-23-10-4-6-13(20)12(8-10)14(21)9-16-11-5-7-15(24-2)18(25-3)17(11)19(22)26-16/h4-8,16,20H,9H2,1-3H3/t16-/m1/s1. The fourth-order valence-electron chi connectivity index (χ4n) is 2.97. The molecule has 0 radical (unpaired) electrons. The Morgan fingerprint density at radius 3 is 2.54 bits per heavy atom. The summed E-state index contributed by atoms with van der Waals surface area (Å²) in [6.45, 7) is 0. The highest BCUT2D eigenvalue weighted by molar-refractivity contribution is 6.02. The summed E-state index contributed by atoms with van der Waals surface area (Å²) < 4.78 is 20.9. The van der Waals surface area contributed by atoms with Crippen LogP contribution in [0.25, 0.3) is 0 Å². The Hall–Kier alpha value is -3.22. The summed E-state index contributed by atoms with van der Waals surface area (Å²) in [4.78, 5) is 24.9. The molecule has 0 amide bonds. The number of hydrogen-bond acceptors (Lipinski definition) is 7. The van der Waals surface area contributed by atoms with Crippen LogP contribution < -0.4 is 14.2 Å². The van der Waals surface area contributed by atoms with E-state index in [1.54, 1.807) is 18.2 Å². The fourth-order valence-corrected chi connectivity index (χ4v) is 2.97. The van der Waals surface area contributed by atoms with E-state index >= 15 is 0 Å². The van der Waals surface area contributed by atoms with E-state index < -0.39 is 12.1 Å². The van der Waals surface area contributed by atoms with Crippen LogP contribution in [0.1, 0.15) is 38.8 Å². The number of rotatable bonds is 6. The van der Waals surface area contributed by atoms with Crippen LogP contribution in [0.15, 0.2) is 30.3 Å². The minimum absolute atomic E-state index is 0.106. The first-order valence-corrected chi connectivity index (χ1v) is 7.86. The minimum Gasteiger partial charge on any atom is -0.507 e. The molecule has 0 spiro atoms. The number of ketones is 1. The second-order valence-electron chi connectivity index (χ2n) is 5.67. The van der Waals surface area contributed by atoms with Gasteiger partial charge in [0.1, 0.15) is 23.2 Å². The van der Waals surface area contributed by atoms with Crippen LogP contribution >= 0.6 is 0 Å². The monoisotopic (exact) mass is 358 g/mol. The van der Waals surface area contributed by atoms with Crippen LogP contribution in [0.5, 0.6) is 23.0 Å². The Balaban J connectivity index is 1.92. The second kappa shape index (κ2) is 6.95. The van der Waals surface area contributed by atoms with Crippen LogP contribution in [0, 0.1) is 0 Å². The number of phenols is 1. The summed E-state index contributed by atoms with van der Waals surface area (Å²) in [6.07, 6.45) is -0.884. The Morgan fingerprint density at radius 2 is 1.88 bits per heavy atom. The fraction of sp³-hybridized carbons (Fsp3) is 0.263. The smallest absolute Gasteiger partial charge is 0.343 e. The van der Waals surface area contributed by atoms with Crippen LogP contribution in [-0.2, 0) is 4.74 Å². The lowest BCUT2D eigenvalue weighted by Gasteiger charge is -2.13. The van der Waals surface area contributed by atoms with Crippen molar-refractivity contribution in [1.29, 1.82) is 0 Å². The molecule has 2 aromatic rings. The number of Topliss-reactive ketones (excluding diaryl/α,β-unsaturated/α-hetero) is 1. The highest BCUT2D eigenvalue weighted by Crippen LogP contribution is 2.43. The molecular formula is C19H18O7. The number of cyclic esters (lactones) is 1. The lowest BCUT2D eigenvalue weighted by atomic mass is 9.97. The first-order chi connectivity index (χ1) is 12.5. The third-order valence-electron chi connectivity index (χ3n) is 4.25. The Labute approximate surface area is 150 Å². The van der Waals surface area contributed by atoms with Gasteiger partial charge < -0.3 is 24.1 Å². The Morgan fingerprint density at radius 1 is 1.12 bits per heavy atom. The number of phenolic OH excluding ortho intramolecular Hbond substituents is 1. The van der Waals surface area contributed by atoms with E-state index in [9.17, 15) is 14.7 Å². The van der Waals surface area contributed by atoms with Crippen LogP contribution in [-0.4, -0.2) is 38.2 Å². The molecule has 136 valence electrons. The van der Waals surface area contributed by atoms with Gasteiger partial charge in [0.15, 0.2) is 17.3 Å². The molecule has 26 heavy (non-hydrogen) atoms. The molecule has 2 aromatic carbocycles. The first kappa shape index (κ1) is 17.6. The number of carbonyl (C=O) groups is 2. The molecule has 0 saturated carbocycles. The first-order valence-electron chi connectivity index (χ1n) is 7.86. The van der Waals surface area contributed by atoms with Crippen molar-refractivity contribution in [3.63, 3.8) is 0 Å². The molecule has 3 rings (SSSR count). The average Bonchev–Trinajstić information content (AvgIpc) is 2.96. The van der Waals surface area contributed by atoms with E-state index in [4.69, 9.17) is 18.9 Å². The summed E-state index contributed by atoms with van der Waals surface area (Å²) in [5, 5.41) is 9.95. The van der Waals surface area contributed by atoms with E-state index in [0.717, 1.165) is 0 Å². The van der Waals surface area contributed by atoms with Gasteiger partial charge in [-0.3, -0.25) is 4.79 Å². The molecule has 0 bridgehead atoms. The van der Waals surface area contributed by atoms with E-state index in [1.165, 1.54) is 33.5 Å². The Bertz CT molecular complexity index is 872. The second-order valence-corrected chi connectivity index (χ2v) is 5.67. The van der Waals surface area contributed by atoms with Crippen molar-refractivity contribution in [3.8, 4) is 23.0 Å². The normalized spacial score (nSPS) is 15.2. The maximum atomic E-state index is 12.6. The van der Waals surface area contributed by atoms with Gasteiger partial charge in [-0.1, -0.05) is 6.07 Å². The van der Waals surface area contributed by atoms with Crippen molar-refractivity contribution in [2.75, 3.05) is 21.3 Å². The quantitative estimate of drug-likeness (QED) is 0.627. The van der Waals surface area contributed by atoms with Crippen LogP contribution in [0.2, 0.25) is 0 Å². The molecule has 0 fully saturated rings. The van der Waals surface area contributed by atoms with Gasteiger partial charge in [0.05, 0.1) is 33.3 Å². The number of fused-ring (bicyclic) bond motifs is 1. The summed E-state index contributed by atoms with van der Waals surface area (Å²) in [5.41, 5.74) is 0.900. The van der Waals surface area contributed by atoms with E-state index in [2.05, 4.69) is 0 Å². The highest BCUT2D eigenvalue weighted by atomic mass is 16.6. The van der Waals surface area contributed by atoms with Gasteiger partial charge in [-0.2, -0.15) is 0 Å². The number of aromatic hydroxyl groups is 1. The van der Waals surface area contributed by atoms with E-state index in [-0.39, 0.29) is 34.8 Å². The van der Waals surface area contributed by atoms with Crippen molar-refractivity contribution in [3.05, 3.63) is 47.0 Å². The molecule has 7 nitrogen and oxygen atoms in total. The number of carbonyl (C=O) groups excluding carboxylic acids is 2. The minimum atomic E-state index is -0.768. The molecule has 0 unspecified atom stereocenters. The third-order valence-corrected chi connectivity index (χ3v) is 4.25. The van der Waals surface area contributed by atoms with Crippen LogP contribution in [0.4, 0.5) is 0 Å². The van der Waals surface area contributed by atoms with Crippen molar-refractivity contribution >= 4 is 11.8 Å².